The maximum atomic E-state index is 12.8. The summed E-state index contributed by atoms with van der Waals surface area (Å²) in [5.74, 6) is 0.667. The highest BCUT2D eigenvalue weighted by Gasteiger charge is 2.34. The van der Waals surface area contributed by atoms with Gasteiger partial charge in [-0.05, 0) is 198 Å². The summed E-state index contributed by atoms with van der Waals surface area (Å²) in [7, 11) is -17.5. The van der Waals surface area contributed by atoms with Crippen molar-refractivity contribution in [3.63, 3.8) is 0 Å². The largest absolute Gasteiger partial charge is 0.369 e. The molecule has 618 valence electrons. The predicted molar refractivity (Wildman–Crippen MR) is 454 cm³/mol. The molecular weight excluding hydrogens is 1550 g/mol. The molecule has 0 saturated carbocycles. The van der Waals surface area contributed by atoms with Gasteiger partial charge in [-0.2, -0.15) is 17.2 Å². The van der Waals surface area contributed by atoms with Crippen LogP contribution in [0.2, 0.25) is 0 Å². The molecule has 4 heterocycles. The van der Waals surface area contributed by atoms with E-state index in [0.717, 1.165) is 33.5 Å². The Morgan fingerprint density at radius 3 is 0.974 bits per heavy atom. The first-order chi connectivity index (χ1) is 53.7. The van der Waals surface area contributed by atoms with Gasteiger partial charge in [0.05, 0.1) is 24.5 Å². The molecule has 24 nitrogen and oxygen atoms in total. The summed E-state index contributed by atoms with van der Waals surface area (Å²) in [6.07, 6.45) is 9.06. The van der Waals surface area contributed by atoms with Crippen LogP contribution in [0.3, 0.4) is 0 Å². The Hall–Kier alpha value is -9.17. The lowest BCUT2D eigenvalue weighted by Crippen LogP contribution is -2.50. The molecule has 0 aliphatic carbocycles. The van der Waals surface area contributed by atoms with Crippen molar-refractivity contribution >= 4 is 85.1 Å². The van der Waals surface area contributed by atoms with Crippen LogP contribution in [0, 0.1) is 0 Å². The van der Waals surface area contributed by atoms with Crippen LogP contribution in [0.1, 0.15) is 152 Å². The minimum atomic E-state index is -3.66. The van der Waals surface area contributed by atoms with Crippen molar-refractivity contribution < 1.29 is 61.3 Å². The third-order valence-electron chi connectivity index (χ3n) is 19.7. The van der Waals surface area contributed by atoms with Gasteiger partial charge < -0.3 is 25.8 Å². The van der Waals surface area contributed by atoms with E-state index >= 15 is 0 Å². The van der Waals surface area contributed by atoms with Gasteiger partial charge in [-0.1, -0.05) is 169 Å². The number of nitrogens with zero attached hydrogens (tertiary/aromatic N) is 6. The third-order valence-corrected chi connectivity index (χ3v) is 28.7. The highest BCUT2D eigenvalue weighted by atomic mass is 32.2. The first-order valence-corrected chi connectivity index (χ1v) is 45.4. The van der Waals surface area contributed by atoms with Gasteiger partial charge in [0.2, 0.25) is 63.7 Å². The number of sulfonamides is 5. The monoisotopic (exact) mass is 1660 g/mol. The Balaban J connectivity index is 0.000000222. The lowest BCUT2D eigenvalue weighted by atomic mass is 10.0. The number of hydrogen-bond donors (Lipinski definition) is 4. The summed E-state index contributed by atoms with van der Waals surface area (Å²) >= 11 is 0. The van der Waals surface area contributed by atoms with E-state index in [0.29, 0.717) is 153 Å². The predicted octanol–water partition coefficient (Wildman–Crippen LogP) is 12.9. The fourth-order valence-electron chi connectivity index (χ4n) is 12.4. The van der Waals surface area contributed by atoms with Gasteiger partial charge in [0.15, 0.2) is 0 Å². The van der Waals surface area contributed by atoms with Gasteiger partial charge in [0, 0.05) is 108 Å². The quantitative estimate of drug-likeness (QED) is 0.0306. The van der Waals surface area contributed by atoms with Crippen LogP contribution in [0.5, 0.6) is 0 Å². The lowest BCUT2D eigenvalue weighted by Gasteiger charge is -2.35. The van der Waals surface area contributed by atoms with Crippen LogP contribution in [0.15, 0.2) is 246 Å². The molecule has 0 spiro atoms. The van der Waals surface area contributed by atoms with Crippen molar-refractivity contribution in [3.8, 4) is 0 Å². The summed E-state index contributed by atoms with van der Waals surface area (Å²) in [4.78, 5) is 50.6. The number of anilines is 2. The van der Waals surface area contributed by atoms with Gasteiger partial charge in [0.25, 0.3) is 10.0 Å². The van der Waals surface area contributed by atoms with Crippen molar-refractivity contribution in [3.05, 3.63) is 249 Å². The van der Waals surface area contributed by atoms with Gasteiger partial charge in [0.1, 0.15) is 0 Å². The van der Waals surface area contributed by atoms with Crippen LogP contribution in [-0.4, -0.2) is 183 Å². The Kier molecular flexibility index (Phi) is 35.3. The fraction of sp³-hybridized carbons (Fsp3) is 0.388. The number of carbonyl (C=O) groups excluding carboxylic acids is 4. The number of hydrogen-bond acceptors (Lipinski definition) is 15. The molecule has 4 aliphatic rings. The number of piperidine rings is 2. The number of carbonyl (C=O) groups is 4. The normalized spacial score (nSPS) is 15.7. The number of amides is 4. The fourth-order valence-corrected chi connectivity index (χ4v) is 19.4. The molecule has 0 radical (unpaired) electrons. The van der Waals surface area contributed by atoms with Gasteiger partial charge in [-0.25, -0.2) is 42.1 Å². The van der Waals surface area contributed by atoms with Crippen molar-refractivity contribution in [1.29, 1.82) is 0 Å². The second-order valence-electron chi connectivity index (χ2n) is 29.3. The zero-order chi connectivity index (χ0) is 84.5. The number of allylic oxidation sites excluding steroid dienone is 1. The maximum Gasteiger partial charge on any atom is 0.261 e. The van der Waals surface area contributed by atoms with E-state index < -0.39 is 50.1 Å². The van der Waals surface area contributed by atoms with Gasteiger partial charge >= 0.3 is 0 Å². The molecule has 0 unspecified atom stereocenters. The third kappa shape index (κ3) is 26.7. The SMILES string of the molecule is C=CC(=C)N1CCN(S(=O)(=O)c2cccc(C(C)C)c2)CC1.C=CC(=O)N1CCN(S(=O)(=O)c2ccc(C(C)C)cc2)CC1.C=CC(=O)NC1CCN(S(=O)(=O)c2ccc(C(C)C)cc2)CC1.C=CC(=O)NC1CCN(S(=O)(=O)c2cccc(C(C)C)c2)CC1.C=CC(=O)Nc1ccc(NS(=O)(=O)c2cccc(C(C)C)c2)cc1. The molecule has 4 saturated heterocycles. The number of piperazine rings is 2. The van der Waals surface area contributed by atoms with E-state index in [1.54, 1.807) is 112 Å². The lowest BCUT2D eigenvalue weighted by molar-refractivity contribution is -0.127. The zero-order valence-electron chi connectivity index (χ0n) is 67.3. The van der Waals surface area contributed by atoms with Crippen LogP contribution >= 0.6 is 0 Å². The van der Waals surface area contributed by atoms with Crippen molar-refractivity contribution in [2.24, 2.45) is 0 Å². The van der Waals surface area contributed by atoms with E-state index in [-0.39, 0.29) is 52.4 Å². The van der Waals surface area contributed by atoms with E-state index in [1.807, 2.05) is 76.2 Å². The molecule has 6 aromatic carbocycles. The summed E-state index contributed by atoms with van der Waals surface area (Å²) in [5, 5.41) is 8.25. The second kappa shape index (κ2) is 43.0. The van der Waals surface area contributed by atoms with Crippen LogP contribution in [0.4, 0.5) is 11.4 Å². The van der Waals surface area contributed by atoms with E-state index in [9.17, 15) is 61.3 Å². The molecule has 29 heteroatoms. The van der Waals surface area contributed by atoms with Crippen molar-refractivity contribution in [1.82, 2.24) is 37.7 Å². The maximum absolute atomic E-state index is 12.8. The molecule has 114 heavy (non-hydrogen) atoms. The van der Waals surface area contributed by atoms with Crippen LogP contribution in [-0.2, 0) is 69.3 Å². The minimum Gasteiger partial charge on any atom is -0.369 e. The van der Waals surface area contributed by atoms with E-state index in [4.69, 9.17) is 0 Å². The zero-order valence-corrected chi connectivity index (χ0v) is 71.4. The first kappa shape index (κ1) is 93.7. The van der Waals surface area contributed by atoms with Crippen molar-refractivity contribution in [2.75, 3.05) is 88.6 Å². The molecule has 4 aliphatic heterocycles. The molecule has 4 amide bonds. The summed E-state index contributed by atoms with van der Waals surface area (Å²) in [6.45, 7) is 47.1. The topological polar surface area (TPSA) is 307 Å². The molecular formula is C85H114N10O14S5. The van der Waals surface area contributed by atoms with Gasteiger partial charge in [-0.3, -0.25) is 23.9 Å². The van der Waals surface area contributed by atoms with Gasteiger partial charge in [-0.15, -0.1) is 0 Å². The molecule has 0 bridgehead atoms. The Morgan fingerprint density at radius 1 is 0.342 bits per heavy atom. The number of nitrogens with one attached hydrogen (secondary N) is 4. The van der Waals surface area contributed by atoms with Crippen LogP contribution in [0.25, 0.3) is 0 Å². The molecule has 6 aromatic rings. The minimum absolute atomic E-state index is 0.00829. The molecule has 4 N–H and O–H groups in total. The van der Waals surface area contributed by atoms with Crippen molar-refractivity contribution in [2.45, 2.75) is 161 Å². The van der Waals surface area contributed by atoms with Crippen LogP contribution < -0.4 is 20.7 Å². The number of benzene rings is 6. The highest BCUT2D eigenvalue weighted by molar-refractivity contribution is 7.92. The Labute approximate surface area is 678 Å². The van der Waals surface area contributed by atoms with E-state index in [1.165, 1.54) is 37.2 Å². The molecule has 4 fully saturated rings. The Bertz CT molecular complexity index is 4910. The number of rotatable bonds is 25. The highest BCUT2D eigenvalue weighted by Crippen LogP contribution is 2.30. The first-order valence-electron chi connectivity index (χ1n) is 38.1. The standard InChI is InChI=1S/C18H20N2O3S.2C17H24N2O3S.C17H24N2O2S.C16H22N2O3S/c1-4-18(21)19-15-8-10-16(11-9-15)20-24(22,23)17-7-5-6-14(12-17)13(2)3;1-4-17(20)18-15-9-11-19(12-10-15)23(21,22)16-7-5-14(6-8-16)13(2)3;1-4-17(20)18-15-8-10-19(11-9-15)23(21,22)16-7-5-6-14(12-16)13(2)3;1-5-15(4)18-9-11-19(12-10-18)22(20,21)17-8-6-7-16(13-17)14(2)3;1-4-16(19)17-9-11-18(12-10-17)22(20,21)15-7-5-14(6-8-15)13(2)3/h4-13,20H,1H2,2-3H3,(H,19,21);4-8,13,15H,1,9-12H2,2-3H3,(H,18,20);4-7,12-13,15H,1,8-11H2,2-3H3,(H,18,20);5-8,13-14H,1,4,9-12H2,2-3H3;4-8,13H,1,9-12H2,2-3H3. The van der Waals surface area contributed by atoms with E-state index in [2.05, 4.69) is 107 Å². The summed E-state index contributed by atoms with van der Waals surface area (Å²) in [5.41, 5.74) is 7.07. The molecule has 0 aromatic heterocycles. The average Bonchev–Trinajstić information content (AvgIpc) is 0.810. The Morgan fingerprint density at radius 2 is 0.649 bits per heavy atom. The smallest absolute Gasteiger partial charge is 0.261 e. The average molecular weight is 1660 g/mol. The second-order valence-corrected chi connectivity index (χ2v) is 38.7. The summed E-state index contributed by atoms with van der Waals surface area (Å²) in [6, 6.07) is 41.8. The molecule has 10 rings (SSSR count). The summed E-state index contributed by atoms with van der Waals surface area (Å²) < 4.78 is 135. The molecule has 0 atom stereocenters.